The minimum atomic E-state index is -0.940. The van der Waals surface area contributed by atoms with Gasteiger partial charge in [0.1, 0.15) is 6.54 Å². The fraction of sp³-hybridized carbons (Fsp3) is 0.154. The van der Waals surface area contributed by atoms with E-state index in [1.807, 2.05) is 0 Å². The quantitative estimate of drug-likeness (QED) is 0.456. The number of furan rings is 1. The lowest BCUT2D eigenvalue weighted by molar-refractivity contribution is -0.143. The predicted molar refractivity (Wildman–Crippen MR) is 69.9 cm³/mol. The van der Waals surface area contributed by atoms with Gasteiger partial charge < -0.3 is 8.94 Å². The Labute approximate surface area is 123 Å². The summed E-state index contributed by atoms with van der Waals surface area (Å²) in [6, 6.07) is 2.55. The topological polar surface area (TPSA) is 110 Å². The maximum Gasteiger partial charge on any atom is 0.335 e. The van der Waals surface area contributed by atoms with Crippen molar-refractivity contribution in [3.8, 4) is 11.6 Å². The van der Waals surface area contributed by atoms with E-state index in [0.717, 1.165) is 9.80 Å². The zero-order valence-corrected chi connectivity index (χ0v) is 11.3. The third kappa shape index (κ3) is 2.18. The molecule has 1 aliphatic heterocycles. The van der Waals surface area contributed by atoms with Gasteiger partial charge in [0.15, 0.2) is 5.76 Å². The van der Waals surface area contributed by atoms with Crippen LogP contribution in [0.3, 0.4) is 0 Å². The van der Waals surface area contributed by atoms with Crippen molar-refractivity contribution < 1.29 is 23.3 Å². The Bertz CT molecular complexity index is 748. The minimum absolute atomic E-state index is 0.0151. The molecular weight excluding hydrogens is 292 g/mol. The standard InChI is InChI=1S/C13H10N4O5/c1-2-5-16-11(18)12(19)17(13(16)20)7-9-14-10(15-22-9)8-4-3-6-21-8/h2-4,6H,1,5,7H2. The number of carbonyl (C=O) groups is 3. The Hall–Kier alpha value is -3.23. The van der Waals surface area contributed by atoms with Gasteiger partial charge in [-0.2, -0.15) is 4.98 Å². The first kappa shape index (κ1) is 13.7. The maximum atomic E-state index is 12.0. The first-order valence-electron chi connectivity index (χ1n) is 6.26. The Balaban J connectivity index is 1.78. The molecular formula is C13H10N4O5. The van der Waals surface area contributed by atoms with Crippen LogP contribution in [0.25, 0.3) is 11.6 Å². The summed E-state index contributed by atoms with van der Waals surface area (Å²) in [5, 5.41) is 3.68. The molecule has 1 aliphatic rings. The molecule has 3 heterocycles. The fourth-order valence-corrected chi connectivity index (χ4v) is 1.94. The lowest BCUT2D eigenvalue weighted by atomic mass is 10.4. The third-order valence-electron chi connectivity index (χ3n) is 2.95. The van der Waals surface area contributed by atoms with E-state index in [1.54, 1.807) is 12.1 Å². The first-order chi connectivity index (χ1) is 10.6. The highest BCUT2D eigenvalue weighted by Gasteiger charge is 2.44. The van der Waals surface area contributed by atoms with Gasteiger partial charge in [-0.3, -0.25) is 14.5 Å². The molecule has 0 unspecified atom stereocenters. The number of amides is 4. The van der Waals surface area contributed by atoms with Crippen LogP contribution in [-0.2, 0) is 16.1 Å². The molecule has 0 saturated carbocycles. The Morgan fingerprint density at radius 1 is 1.23 bits per heavy atom. The zero-order chi connectivity index (χ0) is 15.7. The molecule has 3 rings (SSSR count). The second kappa shape index (κ2) is 5.28. The van der Waals surface area contributed by atoms with Crippen molar-refractivity contribution in [1.29, 1.82) is 0 Å². The van der Waals surface area contributed by atoms with Gasteiger partial charge in [-0.15, -0.1) is 6.58 Å². The van der Waals surface area contributed by atoms with Crippen LogP contribution >= 0.6 is 0 Å². The summed E-state index contributed by atoms with van der Waals surface area (Å²) in [4.78, 5) is 41.1. The summed E-state index contributed by atoms with van der Waals surface area (Å²) >= 11 is 0. The molecule has 1 saturated heterocycles. The Morgan fingerprint density at radius 3 is 2.68 bits per heavy atom. The molecule has 0 N–H and O–H groups in total. The molecule has 22 heavy (non-hydrogen) atoms. The molecule has 0 atom stereocenters. The molecule has 1 fully saturated rings. The van der Waals surface area contributed by atoms with Gasteiger partial charge in [0, 0.05) is 6.54 Å². The number of nitrogens with zero attached hydrogens (tertiary/aromatic N) is 4. The number of aromatic nitrogens is 2. The zero-order valence-electron chi connectivity index (χ0n) is 11.3. The molecule has 0 radical (unpaired) electrons. The summed E-state index contributed by atoms with van der Waals surface area (Å²) in [5.41, 5.74) is 0. The highest BCUT2D eigenvalue weighted by atomic mass is 16.5. The van der Waals surface area contributed by atoms with Crippen LogP contribution in [0, 0.1) is 0 Å². The first-order valence-corrected chi connectivity index (χ1v) is 6.26. The molecule has 2 aromatic heterocycles. The normalized spacial score (nSPS) is 15.0. The van der Waals surface area contributed by atoms with Crippen LogP contribution < -0.4 is 0 Å². The van der Waals surface area contributed by atoms with Crippen LogP contribution in [0.15, 0.2) is 40.0 Å². The highest BCUT2D eigenvalue weighted by molar-refractivity contribution is 6.44. The van der Waals surface area contributed by atoms with Gasteiger partial charge in [0.2, 0.25) is 11.7 Å². The van der Waals surface area contributed by atoms with Gasteiger partial charge in [-0.05, 0) is 12.1 Å². The second-order valence-corrected chi connectivity index (χ2v) is 4.37. The monoisotopic (exact) mass is 302 g/mol. The molecule has 112 valence electrons. The Morgan fingerprint density at radius 2 is 2.00 bits per heavy atom. The summed E-state index contributed by atoms with van der Waals surface area (Å²) in [5.74, 6) is -1.26. The molecule has 0 aliphatic carbocycles. The summed E-state index contributed by atoms with van der Waals surface area (Å²) in [7, 11) is 0. The van der Waals surface area contributed by atoms with Crippen molar-refractivity contribution in [2.75, 3.05) is 6.54 Å². The van der Waals surface area contributed by atoms with Crippen LogP contribution in [-0.4, -0.2) is 44.3 Å². The SMILES string of the molecule is C=CCN1C(=O)C(=O)N(Cc2nc(-c3ccco3)no2)C1=O. The van der Waals surface area contributed by atoms with Crippen molar-refractivity contribution in [2.24, 2.45) is 0 Å². The molecule has 9 nitrogen and oxygen atoms in total. The van der Waals surface area contributed by atoms with Crippen LogP contribution in [0.2, 0.25) is 0 Å². The van der Waals surface area contributed by atoms with Crippen molar-refractivity contribution in [2.45, 2.75) is 6.54 Å². The van der Waals surface area contributed by atoms with Gasteiger partial charge in [0.25, 0.3) is 0 Å². The maximum absolute atomic E-state index is 12.0. The van der Waals surface area contributed by atoms with Crippen molar-refractivity contribution >= 4 is 17.8 Å². The van der Waals surface area contributed by atoms with Gasteiger partial charge >= 0.3 is 17.8 Å². The smallest absolute Gasteiger partial charge is 0.335 e. The highest BCUT2D eigenvalue weighted by Crippen LogP contribution is 2.19. The molecule has 4 amide bonds. The molecule has 0 bridgehead atoms. The van der Waals surface area contributed by atoms with Crippen molar-refractivity contribution in [1.82, 2.24) is 19.9 Å². The van der Waals surface area contributed by atoms with E-state index in [4.69, 9.17) is 8.94 Å². The van der Waals surface area contributed by atoms with Gasteiger partial charge in [0.05, 0.1) is 6.26 Å². The second-order valence-electron chi connectivity index (χ2n) is 4.37. The summed E-state index contributed by atoms with van der Waals surface area (Å²) in [6.07, 6.45) is 2.80. The predicted octanol–water partition coefficient (Wildman–Crippen LogP) is 0.806. The molecule has 2 aromatic rings. The minimum Gasteiger partial charge on any atom is -0.461 e. The number of imide groups is 2. The summed E-state index contributed by atoms with van der Waals surface area (Å²) in [6.45, 7) is 3.10. The Kier molecular flexibility index (Phi) is 3.30. The van der Waals surface area contributed by atoms with Crippen molar-refractivity contribution in [3.63, 3.8) is 0 Å². The van der Waals surface area contributed by atoms with Gasteiger partial charge in [-0.1, -0.05) is 11.2 Å². The van der Waals surface area contributed by atoms with E-state index >= 15 is 0 Å². The third-order valence-corrected chi connectivity index (χ3v) is 2.95. The number of urea groups is 1. The lowest BCUT2D eigenvalue weighted by Gasteiger charge is -2.11. The fourth-order valence-electron chi connectivity index (χ4n) is 1.94. The van der Waals surface area contributed by atoms with E-state index in [9.17, 15) is 14.4 Å². The lowest BCUT2D eigenvalue weighted by Crippen LogP contribution is -2.33. The number of rotatable bonds is 5. The van der Waals surface area contributed by atoms with E-state index in [2.05, 4.69) is 16.7 Å². The van der Waals surface area contributed by atoms with E-state index < -0.39 is 17.8 Å². The van der Waals surface area contributed by atoms with Crippen LogP contribution in [0.1, 0.15) is 5.89 Å². The van der Waals surface area contributed by atoms with Crippen molar-refractivity contribution in [3.05, 3.63) is 36.9 Å². The number of hydrogen-bond acceptors (Lipinski definition) is 7. The van der Waals surface area contributed by atoms with Gasteiger partial charge in [-0.25, -0.2) is 9.69 Å². The van der Waals surface area contributed by atoms with Crippen LogP contribution in [0.5, 0.6) is 0 Å². The summed E-state index contributed by atoms with van der Waals surface area (Å²) < 4.78 is 10.1. The average molecular weight is 302 g/mol. The van der Waals surface area contributed by atoms with E-state index in [0.29, 0.717) is 5.76 Å². The van der Waals surface area contributed by atoms with E-state index in [1.165, 1.54) is 12.3 Å². The molecule has 9 heteroatoms. The average Bonchev–Trinajstić information content (AvgIpc) is 3.21. The molecule has 0 spiro atoms. The largest absolute Gasteiger partial charge is 0.461 e. The number of carbonyl (C=O) groups excluding carboxylic acids is 3. The molecule has 0 aromatic carbocycles. The number of hydrogen-bond donors (Lipinski definition) is 0. The van der Waals surface area contributed by atoms with Crippen LogP contribution in [0.4, 0.5) is 4.79 Å². The van der Waals surface area contributed by atoms with E-state index in [-0.39, 0.29) is 24.8 Å².